The van der Waals surface area contributed by atoms with E-state index in [0.717, 1.165) is 0 Å². The minimum atomic E-state index is -4.65. The van der Waals surface area contributed by atoms with Crippen molar-refractivity contribution in [3.63, 3.8) is 0 Å². The van der Waals surface area contributed by atoms with Crippen molar-refractivity contribution in [3.05, 3.63) is 71.0 Å². The van der Waals surface area contributed by atoms with Crippen LogP contribution >= 0.6 is 0 Å². The van der Waals surface area contributed by atoms with Gasteiger partial charge in [0.15, 0.2) is 0 Å². The highest BCUT2D eigenvalue weighted by atomic mass is 19.4. The third kappa shape index (κ3) is 3.06. The average molecular weight is 422 g/mol. The molecule has 1 N–H and O–H groups in total. The number of nitrogens with zero attached hydrogens (tertiary/aromatic N) is 1. The summed E-state index contributed by atoms with van der Waals surface area (Å²) in [7, 11) is 1.41. The van der Waals surface area contributed by atoms with Gasteiger partial charge in [0.25, 0.3) is 0 Å². The van der Waals surface area contributed by atoms with Crippen molar-refractivity contribution < 1.29 is 22.4 Å². The van der Waals surface area contributed by atoms with Crippen molar-refractivity contribution in [1.82, 2.24) is 10.2 Å². The second-order valence-electron chi connectivity index (χ2n) is 7.75. The Balaban J connectivity index is 2.48. The van der Waals surface area contributed by atoms with Crippen LogP contribution in [-0.4, -0.2) is 30.7 Å². The summed E-state index contributed by atoms with van der Waals surface area (Å²) in [4.78, 5) is 14.2. The number of hydrogen-bond donors (Lipinski definition) is 1. The summed E-state index contributed by atoms with van der Waals surface area (Å²) >= 11 is 0. The normalized spacial score (nSPS) is 24.6. The minimum Gasteiger partial charge on any atom is -0.341 e. The number of aryl methyl sites for hydroxylation is 1. The number of piperidine rings is 1. The Kier molecular flexibility index (Phi) is 5.85. The maximum absolute atomic E-state index is 15.2. The highest BCUT2D eigenvalue weighted by Crippen LogP contribution is 2.61. The lowest BCUT2D eigenvalue weighted by molar-refractivity contribution is -0.242. The summed E-state index contributed by atoms with van der Waals surface area (Å²) in [6.07, 6.45) is -4.61. The second-order valence-corrected chi connectivity index (χ2v) is 7.75. The quantitative estimate of drug-likeness (QED) is 0.635. The summed E-state index contributed by atoms with van der Waals surface area (Å²) in [6, 6.07) is 11.0. The maximum atomic E-state index is 15.2. The van der Waals surface area contributed by atoms with Crippen LogP contribution in [0.4, 0.5) is 22.4 Å². The number of hydrogen-bond acceptors (Lipinski definition) is 1. The van der Waals surface area contributed by atoms with Gasteiger partial charge in [0.05, 0.1) is 5.54 Å². The van der Waals surface area contributed by atoms with Gasteiger partial charge in [-0.3, -0.25) is 0 Å². The van der Waals surface area contributed by atoms with Crippen molar-refractivity contribution in [1.29, 1.82) is 0 Å². The van der Waals surface area contributed by atoms with Crippen molar-refractivity contribution in [2.45, 2.75) is 50.2 Å². The largest absolute Gasteiger partial charge is 0.401 e. The summed E-state index contributed by atoms with van der Waals surface area (Å²) in [6.45, 7) is 3.43. The molecule has 1 fully saturated rings. The number of carbonyl (C=O) groups excluding carboxylic acids is 1. The number of likely N-dealkylation sites (tertiary alicyclic amines) is 1. The SMILES string of the molecule is CCC1(c2ccc(F)cc2C)N(C(=O)NC)CCCC1(c1ccccc1)C(F)(F)F. The van der Waals surface area contributed by atoms with E-state index < -0.39 is 29.0 Å². The molecule has 1 heterocycles. The molecular weight excluding hydrogens is 396 g/mol. The molecule has 1 aliphatic rings. The number of nitrogens with one attached hydrogen (secondary N) is 1. The lowest BCUT2D eigenvalue weighted by Crippen LogP contribution is -2.70. The molecule has 7 heteroatoms. The first-order chi connectivity index (χ1) is 14.2. The van der Waals surface area contributed by atoms with E-state index in [1.54, 1.807) is 32.0 Å². The zero-order valence-electron chi connectivity index (χ0n) is 17.3. The smallest absolute Gasteiger partial charge is 0.341 e. The van der Waals surface area contributed by atoms with E-state index in [9.17, 15) is 9.18 Å². The van der Waals surface area contributed by atoms with Crippen LogP contribution in [0.3, 0.4) is 0 Å². The van der Waals surface area contributed by atoms with Crippen LogP contribution in [0, 0.1) is 12.7 Å². The number of rotatable bonds is 3. The first kappa shape index (κ1) is 22.1. The zero-order chi connectivity index (χ0) is 22.2. The number of amides is 2. The summed E-state index contributed by atoms with van der Waals surface area (Å²) in [5, 5.41) is 2.51. The highest BCUT2D eigenvalue weighted by Gasteiger charge is 2.71. The minimum absolute atomic E-state index is 0.0152. The Labute approximate surface area is 174 Å². The van der Waals surface area contributed by atoms with Crippen molar-refractivity contribution in [2.24, 2.45) is 0 Å². The van der Waals surface area contributed by atoms with Gasteiger partial charge in [0.2, 0.25) is 0 Å². The van der Waals surface area contributed by atoms with E-state index in [1.807, 2.05) is 0 Å². The zero-order valence-corrected chi connectivity index (χ0v) is 17.3. The van der Waals surface area contributed by atoms with Crippen LogP contribution in [0.25, 0.3) is 0 Å². The Morgan fingerprint density at radius 3 is 2.37 bits per heavy atom. The molecule has 3 nitrogen and oxygen atoms in total. The molecule has 30 heavy (non-hydrogen) atoms. The second kappa shape index (κ2) is 7.93. The third-order valence-corrected chi connectivity index (χ3v) is 6.46. The number of alkyl halides is 3. The molecule has 1 aliphatic heterocycles. The van der Waals surface area contributed by atoms with E-state index >= 15 is 13.2 Å². The molecule has 0 radical (unpaired) electrons. The monoisotopic (exact) mass is 422 g/mol. The fourth-order valence-corrected chi connectivity index (χ4v) is 5.34. The lowest BCUT2D eigenvalue weighted by atomic mass is 9.55. The standard InChI is InChI=1S/C23H26F4N2O/c1-4-22(19-12-11-18(24)15-16(19)2)21(23(25,26)27,17-9-6-5-7-10-17)13-8-14-29(22)20(30)28-3/h5-7,9-12,15H,4,8,13-14H2,1-3H3,(H,28,30). The van der Waals surface area contributed by atoms with Gasteiger partial charge >= 0.3 is 12.2 Å². The molecule has 2 unspecified atom stereocenters. The molecule has 2 amide bonds. The Bertz CT molecular complexity index is 915. The predicted molar refractivity (Wildman–Crippen MR) is 108 cm³/mol. The molecule has 0 aromatic heterocycles. The summed E-state index contributed by atoms with van der Waals surface area (Å²) in [5.74, 6) is -0.526. The number of carbonyl (C=O) groups is 1. The Morgan fingerprint density at radius 1 is 1.17 bits per heavy atom. The summed E-state index contributed by atoms with van der Waals surface area (Å²) < 4.78 is 59.4. The van der Waals surface area contributed by atoms with Crippen LogP contribution in [0.15, 0.2) is 48.5 Å². The van der Waals surface area contributed by atoms with E-state index in [-0.39, 0.29) is 31.4 Å². The van der Waals surface area contributed by atoms with Crippen LogP contribution < -0.4 is 5.32 Å². The lowest BCUT2D eigenvalue weighted by Gasteiger charge is -2.60. The van der Waals surface area contributed by atoms with Gasteiger partial charge in [-0.2, -0.15) is 13.2 Å². The summed E-state index contributed by atoms with van der Waals surface area (Å²) in [5.41, 5.74) is -3.27. The van der Waals surface area contributed by atoms with Crippen LogP contribution in [0.5, 0.6) is 0 Å². The molecule has 2 aromatic carbocycles. The van der Waals surface area contributed by atoms with Gasteiger partial charge in [-0.15, -0.1) is 0 Å². The predicted octanol–water partition coefficient (Wildman–Crippen LogP) is 5.67. The van der Waals surface area contributed by atoms with Crippen molar-refractivity contribution in [3.8, 4) is 0 Å². The molecule has 0 bridgehead atoms. The van der Waals surface area contributed by atoms with Crippen molar-refractivity contribution in [2.75, 3.05) is 13.6 Å². The van der Waals surface area contributed by atoms with Gasteiger partial charge in [-0.05, 0) is 55.0 Å². The van der Waals surface area contributed by atoms with Crippen molar-refractivity contribution >= 4 is 6.03 Å². The molecule has 2 atom stereocenters. The molecule has 0 spiro atoms. The van der Waals surface area contributed by atoms with E-state index in [4.69, 9.17) is 0 Å². The van der Waals surface area contributed by atoms with Crippen LogP contribution in [0.1, 0.15) is 42.9 Å². The Hall–Kier alpha value is -2.57. The Morgan fingerprint density at radius 2 is 1.83 bits per heavy atom. The number of urea groups is 1. The van der Waals surface area contributed by atoms with Gasteiger partial charge in [-0.25, -0.2) is 9.18 Å². The van der Waals surface area contributed by atoms with E-state index in [2.05, 4.69) is 5.32 Å². The van der Waals surface area contributed by atoms with E-state index in [0.29, 0.717) is 11.1 Å². The fraction of sp³-hybridized carbons (Fsp3) is 0.435. The highest BCUT2D eigenvalue weighted by molar-refractivity contribution is 5.76. The molecule has 162 valence electrons. The first-order valence-electron chi connectivity index (χ1n) is 10.0. The van der Waals surface area contributed by atoms with E-state index in [1.165, 1.54) is 42.3 Å². The van der Waals surface area contributed by atoms with Crippen LogP contribution in [-0.2, 0) is 11.0 Å². The molecule has 2 aromatic rings. The maximum Gasteiger partial charge on any atom is 0.401 e. The molecular formula is C23H26F4N2O. The fourth-order valence-electron chi connectivity index (χ4n) is 5.34. The third-order valence-electron chi connectivity index (χ3n) is 6.46. The molecule has 0 saturated carbocycles. The number of halogens is 4. The average Bonchev–Trinajstić information content (AvgIpc) is 2.72. The van der Waals surface area contributed by atoms with Gasteiger partial charge in [0.1, 0.15) is 11.2 Å². The topological polar surface area (TPSA) is 32.3 Å². The van der Waals surface area contributed by atoms with Gasteiger partial charge in [0, 0.05) is 13.6 Å². The van der Waals surface area contributed by atoms with Crippen LogP contribution in [0.2, 0.25) is 0 Å². The van der Waals surface area contributed by atoms with Gasteiger partial charge < -0.3 is 10.2 Å². The molecule has 0 aliphatic carbocycles. The first-order valence-corrected chi connectivity index (χ1v) is 10.0. The molecule has 1 saturated heterocycles. The van der Waals surface area contributed by atoms with Gasteiger partial charge in [-0.1, -0.05) is 43.3 Å². The molecule has 3 rings (SSSR count). The number of benzene rings is 2.